The average molecular weight is 314 g/mol. The molecule has 0 atom stereocenters. The van der Waals surface area contributed by atoms with Crippen LogP contribution >= 0.6 is 0 Å². The second kappa shape index (κ2) is 5.24. The van der Waals surface area contributed by atoms with Gasteiger partial charge in [-0.05, 0) is 35.6 Å². The maximum atomic E-state index is 6.30. The van der Waals surface area contributed by atoms with E-state index in [-0.39, 0.29) is 5.41 Å². The monoisotopic (exact) mass is 314 g/mol. The second-order valence-corrected chi connectivity index (χ2v) is 7.58. The molecule has 24 heavy (non-hydrogen) atoms. The van der Waals surface area contributed by atoms with E-state index in [0.29, 0.717) is 0 Å². The Morgan fingerprint density at radius 3 is 2.33 bits per heavy atom. The predicted molar refractivity (Wildman–Crippen MR) is 103 cm³/mol. The molecule has 4 aromatic rings. The highest BCUT2D eigenvalue weighted by Crippen LogP contribution is 2.42. The molecule has 0 saturated heterocycles. The largest absolute Gasteiger partial charge is 0.456 e. The van der Waals surface area contributed by atoms with Crippen molar-refractivity contribution in [3.63, 3.8) is 0 Å². The van der Waals surface area contributed by atoms with Gasteiger partial charge in [0.1, 0.15) is 11.2 Å². The molecule has 0 aliphatic heterocycles. The maximum Gasteiger partial charge on any atom is 0.139 e. The zero-order chi connectivity index (χ0) is 16.9. The van der Waals surface area contributed by atoms with Crippen molar-refractivity contribution in [2.75, 3.05) is 0 Å². The molecule has 0 aliphatic rings. The summed E-state index contributed by atoms with van der Waals surface area (Å²) < 4.78 is 6.30. The van der Waals surface area contributed by atoms with Crippen LogP contribution in [0.1, 0.15) is 31.9 Å². The van der Waals surface area contributed by atoms with Gasteiger partial charge < -0.3 is 4.42 Å². The molecule has 0 amide bonds. The molecular formula is C23H22O. The molecule has 0 N–H and O–H groups in total. The summed E-state index contributed by atoms with van der Waals surface area (Å²) in [5.41, 5.74) is 7.04. The van der Waals surface area contributed by atoms with E-state index < -0.39 is 0 Å². The predicted octanol–water partition coefficient (Wildman–Crippen LogP) is 6.86. The molecule has 1 aromatic heterocycles. The Labute approximate surface area is 142 Å². The lowest BCUT2D eigenvalue weighted by molar-refractivity contribution is 0.574. The third-order valence-corrected chi connectivity index (χ3v) is 4.63. The molecule has 1 heterocycles. The van der Waals surface area contributed by atoms with Crippen LogP contribution in [0.5, 0.6) is 0 Å². The standard InChI is InChI=1S/C23H22O/c1-15-8-7-9-16(14-15)17-12-13-19-18-10-5-6-11-20(18)24-22(19)21(17)23(2,3)4/h5-14H,1-4H3. The number of hydrogen-bond acceptors (Lipinski definition) is 1. The van der Waals surface area contributed by atoms with Gasteiger partial charge in [0.05, 0.1) is 0 Å². The summed E-state index contributed by atoms with van der Waals surface area (Å²) >= 11 is 0. The number of para-hydroxylation sites is 1. The van der Waals surface area contributed by atoms with Gasteiger partial charge in [0, 0.05) is 16.3 Å². The quantitative estimate of drug-likeness (QED) is 0.374. The van der Waals surface area contributed by atoms with Crippen LogP contribution in [0.3, 0.4) is 0 Å². The molecule has 0 radical (unpaired) electrons. The van der Waals surface area contributed by atoms with Crippen molar-refractivity contribution in [1.29, 1.82) is 0 Å². The van der Waals surface area contributed by atoms with Crippen LogP contribution < -0.4 is 0 Å². The minimum absolute atomic E-state index is 0.00747. The molecule has 1 heteroatoms. The van der Waals surface area contributed by atoms with Crippen LogP contribution in [0.4, 0.5) is 0 Å². The number of hydrogen-bond donors (Lipinski definition) is 0. The van der Waals surface area contributed by atoms with Crippen molar-refractivity contribution in [2.24, 2.45) is 0 Å². The Hall–Kier alpha value is -2.54. The first kappa shape index (κ1) is 15.0. The van der Waals surface area contributed by atoms with Gasteiger partial charge in [-0.25, -0.2) is 0 Å². The van der Waals surface area contributed by atoms with E-state index in [1.807, 2.05) is 12.1 Å². The summed E-state index contributed by atoms with van der Waals surface area (Å²) in [7, 11) is 0. The van der Waals surface area contributed by atoms with Crippen LogP contribution in [-0.4, -0.2) is 0 Å². The molecule has 4 rings (SSSR count). The van der Waals surface area contributed by atoms with Gasteiger partial charge in [-0.3, -0.25) is 0 Å². The van der Waals surface area contributed by atoms with Gasteiger partial charge >= 0.3 is 0 Å². The first-order valence-corrected chi connectivity index (χ1v) is 8.47. The molecule has 0 fully saturated rings. The lowest BCUT2D eigenvalue weighted by Gasteiger charge is -2.23. The van der Waals surface area contributed by atoms with Crippen molar-refractivity contribution in [3.8, 4) is 11.1 Å². The molecule has 0 saturated carbocycles. The Bertz CT molecular complexity index is 1040. The van der Waals surface area contributed by atoms with Crippen LogP contribution in [0.2, 0.25) is 0 Å². The number of aryl methyl sites for hydroxylation is 1. The summed E-state index contributed by atoms with van der Waals surface area (Å²) in [6, 6.07) is 21.4. The summed E-state index contributed by atoms with van der Waals surface area (Å²) in [5.74, 6) is 0. The lowest BCUT2D eigenvalue weighted by atomic mass is 9.80. The molecule has 0 unspecified atom stereocenters. The second-order valence-electron chi connectivity index (χ2n) is 7.58. The molecule has 1 nitrogen and oxygen atoms in total. The van der Waals surface area contributed by atoms with Crippen molar-refractivity contribution in [2.45, 2.75) is 33.1 Å². The van der Waals surface area contributed by atoms with Gasteiger partial charge in [0.25, 0.3) is 0 Å². The molecule has 0 spiro atoms. The van der Waals surface area contributed by atoms with E-state index in [1.54, 1.807) is 0 Å². The molecule has 3 aromatic carbocycles. The minimum Gasteiger partial charge on any atom is -0.456 e. The Morgan fingerprint density at radius 2 is 1.58 bits per heavy atom. The molecule has 120 valence electrons. The number of fused-ring (bicyclic) bond motifs is 3. The van der Waals surface area contributed by atoms with Gasteiger partial charge in [-0.15, -0.1) is 0 Å². The van der Waals surface area contributed by atoms with E-state index in [2.05, 4.69) is 76.2 Å². The van der Waals surface area contributed by atoms with Gasteiger partial charge in [-0.1, -0.05) is 74.9 Å². The number of furan rings is 1. The number of benzene rings is 3. The third kappa shape index (κ3) is 2.32. The van der Waals surface area contributed by atoms with Crippen molar-refractivity contribution >= 4 is 21.9 Å². The van der Waals surface area contributed by atoms with E-state index in [1.165, 1.54) is 33.0 Å². The third-order valence-electron chi connectivity index (χ3n) is 4.63. The van der Waals surface area contributed by atoms with Crippen LogP contribution in [0.25, 0.3) is 33.1 Å². The minimum atomic E-state index is -0.00747. The highest BCUT2D eigenvalue weighted by atomic mass is 16.3. The SMILES string of the molecule is Cc1cccc(-c2ccc3c(oc4ccccc43)c2C(C)(C)C)c1. The molecular weight excluding hydrogens is 292 g/mol. The lowest BCUT2D eigenvalue weighted by Crippen LogP contribution is -2.13. The fraction of sp³-hybridized carbons (Fsp3) is 0.217. The molecule has 0 bridgehead atoms. The maximum absolute atomic E-state index is 6.30. The molecule has 0 aliphatic carbocycles. The highest BCUT2D eigenvalue weighted by Gasteiger charge is 2.25. The van der Waals surface area contributed by atoms with Crippen LogP contribution in [0.15, 0.2) is 65.1 Å². The fourth-order valence-electron chi connectivity index (χ4n) is 3.59. The van der Waals surface area contributed by atoms with Crippen molar-refractivity contribution in [3.05, 3.63) is 71.8 Å². The summed E-state index contributed by atoms with van der Waals surface area (Å²) in [6.07, 6.45) is 0. The van der Waals surface area contributed by atoms with Crippen molar-refractivity contribution in [1.82, 2.24) is 0 Å². The zero-order valence-electron chi connectivity index (χ0n) is 14.7. The Balaban J connectivity index is 2.13. The Kier molecular flexibility index (Phi) is 3.28. The first-order valence-electron chi connectivity index (χ1n) is 8.47. The summed E-state index contributed by atoms with van der Waals surface area (Å²) in [4.78, 5) is 0. The average Bonchev–Trinajstić information content (AvgIpc) is 2.91. The van der Waals surface area contributed by atoms with Crippen molar-refractivity contribution < 1.29 is 4.42 Å². The normalized spacial score (nSPS) is 12.2. The Morgan fingerprint density at radius 1 is 0.792 bits per heavy atom. The topological polar surface area (TPSA) is 13.1 Å². The first-order chi connectivity index (χ1) is 11.4. The van der Waals surface area contributed by atoms with E-state index >= 15 is 0 Å². The van der Waals surface area contributed by atoms with E-state index in [4.69, 9.17) is 4.42 Å². The van der Waals surface area contributed by atoms with Gasteiger partial charge in [0.15, 0.2) is 0 Å². The summed E-state index contributed by atoms with van der Waals surface area (Å²) in [5, 5.41) is 2.39. The smallest absolute Gasteiger partial charge is 0.139 e. The van der Waals surface area contributed by atoms with Crippen LogP contribution in [-0.2, 0) is 5.41 Å². The number of rotatable bonds is 1. The fourth-order valence-corrected chi connectivity index (χ4v) is 3.59. The highest BCUT2D eigenvalue weighted by molar-refractivity contribution is 6.07. The van der Waals surface area contributed by atoms with E-state index in [0.717, 1.165) is 11.2 Å². The van der Waals surface area contributed by atoms with E-state index in [9.17, 15) is 0 Å². The zero-order valence-corrected chi connectivity index (χ0v) is 14.7. The summed E-state index contributed by atoms with van der Waals surface area (Å²) in [6.45, 7) is 8.91. The van der Waals surface area contributed by atoms with Gasteiger partial charge in [-0.2, -0.15) is 0 Å². The van der Waals surface area contributed by atoms with Gasteiger partial charge in [0.2, 0.25) is 0 Å². The van der Waals surface area contributed by atoms with Crippen LogP contribution in [0, 0.1) is 6.92 Å².